The van der Waals surface area contributed by atoms with E-state index in [1.165, 1.54) is 11.0 Å². The van der Waals surface area contributed by atoms with Crippen LogP contribution < -0.4 is 0 Å². The Kier molecular flexibility index (Phi) is 6.60. The van der Waals surface area contributed by atoms with E-state index in [1.54, 1.807) is 18.9 Å². The number of nitrogens with zero attached hydrogens (tertiary/aromatic N) is 7. The van der Waals surface area contributed by atoms with Gasteiger partial charge in [-0.15, -0.1) is 5.10 Å². The van der Waals surface area contributed by atoms with Crippen molar-refractivity contribution in [1.29, 1.82) is 0 Å². The molecule has 192 valence electrons. The SMILES string of the molecule is CO[C@@H](CN1C(C)CCC1CC1(C)CCN(C2=C(C)C(=O)OC2)C1=O)c1ccc(-n2cnnn2)nc1. The molecule has 0 aromatic carbocycles. The molecule has 2 saturated heterocycles. The number of esters is 1. The molecule has 11 heteroatoms. The number of likely N-dealkylation sites (tertiary alicyclic amines) is 2. The zero-order valence-electron chi connectivity index (χ0n) is 21.3. The number of carbonyl (C=O) groups excluding carboxylic acids is 2. The van der Waals surface area contributed by atoms with Crippen LogP contribution in [0.25, 0.3) is 5.82 Å². The third-order valence-corrected chi connectivity index (χ3v) is 8.08. The van der Waals surface area contributed by atoms with Gasteiger partial charge in [0.05, 0.1) is 22.8 Å². The Morgan fingerprint density at radius 2 is 2.11 bits per heavy atom. The lowest BCUT2D eigenvalue weighted by Crippen LogP contribution is -2.43. The monoisotopic (exact) mass is 495 g/mol. The summed E-state index contributed by atoms with van der Waals surface area (Å²) in [5.41, 5.74) is 1.78. The molecule has 2 fully saturated rings. The Balaban J connectivity index is 1.28. The second-order valence-electron chi connectivity index (χ2n) is 10.3. The number of carbonyl (C=O) groups is 2. The van der Waals surface area contributed by atoms with Gasteiger partial charge in [0.15, 0.2) is 5.82 Å². The molecule has 0 aliphatic carbocycles. The van der Waals surface area contributed by atoms with Gasteiger partial charge in [0.2, 0.25) is 5.91 Å². The first-order valence-electron chi connectivity index (χ1n) is 12.5. The fourth-order valence-electron chi connectivity index (χ4n) is 5.78. The molecule has 0 saturated carbocycles. The maximum atomic E-state index is 13.5. The molecule has 3 unspecified atom stereocenters. The Hall–Kier alpha value is -3.18. The van der Waals surface area contributed by atoms with Gasteiger partial charge in [-0.25, -0.2) is 9.78 Å². The van der Waals surface area contributed by atoms with Crippen LogP contribution in [0.3, 0.4) is 0 Å². The van der Waals surface area contributed by atoms with Crippen molar-refractivity contribution in [3.63, 3.8) is 0 Å². The zero-order valence-corrected chi connectivity index (χ0v) is 21.3. The minimum Gasteiger partial charge on any atom is -0.456 e. The molecule has 0 N–H and O–H groups in total. The number of amides is 1. The highest BCUT2D eigenvalue weighted by atomic mass is 16.5. The number of aromatic nitrogens is 5. The molecule has 5 heterocycles. The summed E-state index contributed by atoms with van der Waals surface area (Å²) >= 11 is 0. The number of tetrazole rings is 1. The summed E-state index contributed by atoms with van der Waals surface area (Å²) in [6, 6.07) is 4.54. The second kappa shape index (κ2) is 9.70. The number of cyclic esters (lactones) is 1. The predicted octanol–water partition coefficient (Wildman–Crippen LogP) is 2.06. The molecule has 11 nitrogen and oxygen atoms in total. The van der Waals surface area contributed by atoms with Crippen molar-refractivity contribution in [2.24, 2.45) is 5.41 Å². The highest BCUT2D eigenvalue weighted by Crippen LogP contribution is 2.43. The molecular weight excluding hydrogens is 462 g/mol. The first-order valence-corrected chi connectivity index (χ1v) is 12.5. The fourth-order valence-corrected chi connectivity index (χ4v) is 5.78. The number of pyridine rings is 1. The molecule has 2 aromatic heterocycles. The van der Waals surface area contributed by atoms with E-state index in [1.807, 2.05) is 18.3 Å². The summed E-state index contributed by atoms with van der Waals surface area (Å²) in [5, 5.41) is 11.2. The third-order valence-electron chi connectivity index (χ3n) is 8.08. The van der Waals surface area contributed by atoms with E-state index in [4.69, 9.17) is 9.47 Å². The van der Waals surface area contributed by atoms with Crippen molar-refractivity contribution in [3.05, 3.63) is 41.5 Å². The first kappa shape index (κ1) is 24.5. The van der Waals surface area contributed by atoms with Gasteiger partial charge in [0.1, 0.15) is 12.9 Å². The van der Waals surface area contributed by atoms with Gasteiger partial charge in [0, 0.05) is 44.0 Å². The standard InChI is InChI=1S/C25H33N7O4/c1-16-5-7-19(11-25(3)9-10-30(24(25)34)20-14-36-23(33)17(20)2)31(16)13-21(35-4)18-6-8-22(26-12-18)32-15-27-28-29-32/h6,8,12,15-16,19,21H,5,7,9-11,13-14H2,1-4H3/t16?,19?,21-,25?/m0/s1. The summed E-state index contributed by atoms with van der Waals surface area (Å²) in [6.07, 6.45) is 6.84. The normalized spacial score (nSPS) is 27.8. The van der Waals surface area contributed by atoms with Crippen molar-refractivity contribution >= 4 is 11.9 Å². The average molecular weight is 496 g/mol. The third kappa shape index (κ3) is 4.41. The fraction of sp³-hybridized carbons (Fsp3) is 0.600. The van der Waals surface area contributed by atoms with Gasteiger partial charge in [-0.05, 0) is 56.0 Å². The molecule has 5 rings (SSSR count). The van der Waals surface area contributed by atoms with Crippen LogP contribution in [0.15, 0.2) is 35.9 Å². The van der Waals surface area contributed by atoms with Crippen LogP contribution in [0.5, 0.6) is 0 Å². The minimum absolute atomic E-state index is 0.0975. The van der Waals surface area contributed by atoms with Gasteiger partial charge < -0.3 is 14.4 Å². The summed E-state index contributed by atoms with van der Waals surface area (Å²) in [6.45, 7) is 7.58. The van der Waals surface area contributed by atoms with Crippen molar-refractivity contribution in [1.82, 2.24) is 35.0 Å². The Morgan fingerprint density at radius 3 is 2.75 bits per heavy atom. The zero-order chi connectivity index (χ0) is 25.4. The average Bonchev–Trinajstić information content (AvgIpc) is 3.66. The maximum absolute atomic E-state index is 13.5. The summed E-state index contributed by atoms with van der Waals surface area (Å²) in [5.74, 6) is 0.413. The van der Waals surface area contributed by atoms with Crippen LogP contribution in [-0.4, -0.2) is 85.8 Å². The van der Waals surface area contributed by atoms with Crippen LogP contribution in [0.2, 0.25) is 0 Å². The topological polar surface area (TPSA) is 116 Å². The Labute approximate surface area is 210 Å². The highest BCUT2D eigenvalue weighted by Gasteiger charge is 2.48. The lowest BCUT2D eigenvalue weighted by atomic mass is 9.81. The second-order valence-corrected chi connectivity index (χ2v) is 10.3. The Bertz CT molecular complexity index is 1150. The molecule has 0 radical (unpaired) electrons. The van der Waals surface area contributed by atoms with E-state index in [0.29, 0.717) is 24.0 Å². The van der Waals surface area contributed by atoms with Crippen molar-refractivity contribution in [3.8, 4) is 5.82 Å². The minimum atomic E-state index is -0.469. The summed E-state index contributed by atoms with van der Waals surface area (Å²) < 4.78 is 12.6. The molecule has 0 bridgehead atoms. The molecular formula is C25H33N7O4. The van der Waals surface area contributed by atoms with E-state index < -0.39 is 5.41 Å². The van der Waals surface area contributed by atoms with Gasteiger partial charge in [-0.1, -0.05) is 13.0 Å². The first-order chi connectivity index (χ1) is 17.3. The van der Waals surface area contributed by atoms with Gasteiger partial charge in [-0.2, -0.15) is 4.68 Å². The van der Waals surface area contributed by atoms with Gasteiger partial charge in [-0.3, -0.25) is 9.69 Å². The summed E-state index contributed by atoms with van der Waals surface area (Å²) in [7, 11) is 1.72. The molecule has 4 atom stereocenters. The van der Waals surface area contributed by atoms with Crippen LogP contribution in [0, 0.1) is 5.41 Å². The van der Waals surface area contributed by atoms with Crippen molar-refractivity contribution in [2.45, 2.75) is 64.6 Å². The van der Waals surface area contributed by atoms with E-state index in [0.717, 1.165) is 43.5 Å². The van der Waals surface area contributed by atoms with E-state index in [9.17, 15) is 9.59 Å². The van der Waals surface area contributed by atoms with Gasteiger partial charge >= 0.3 is 5.97 Å². The number of hydrogen-bond donors (Lipinski definition) is 0. The van der Waals surface area contributed by atoms with E-state index in [2.05, 4.69) is 39.3 Å². The largest absolute Gasteiger partial charge is 0.456 e. The van der Waals surface area contributed by atoms with Crippen molar-refractivity contribution in [2.75, 3.05) is 26.8 Å². The van der Waals surface area contributed by atoms with Crippen molar-refractivity contribution < 1.29 is 19.1 Å². The molecule has 3 aliphatic rings. The Morgan fingerprint density at radius 1 is 1.28 bits per heavy atom. The van der Waals surface area contributed by atoms with Crippen LogP contribution in [0.1, 0.15) is 58.1 Å². The van der Waals surface area contributed by atoms with E-state index >= 15 is 0 Å². The highest BCUT2D eigenvalue weighted by molar-refractivity contribution is 5.94. The lowest BCUT2D eigenvalue weighted by Gasteiger charge is -2.35. The number of methoxy groups -OCH3 is 1. The molecule has 3 aliphatic heterocycles. The summed E-state index contributed by atoms with van der Waals surface area (Å²) in [4.78, 5) is 34.1. The van der Waals surface area contributed by atoms with E-state index in [-0.39, 0.29) is 30.6 Å². The lowest BCUT2D eigenvalue weighted by molar-refractivity contribution is -0.137. The predicted molar refractivity (Wildman–Crippen MR) is 129 cm³/mol. The number of hydrogen-bond acceptors (Lipinski definition) is 9. The quantitative estimate of drug-likeness (QED) is 0.507. The van der Waals surface area contributed by atoms with Crippen LogP contribution in [-0.2, 0) is 19.1 Å². The number of rotatable bonds is 8. The van der Waals surface area contributed by atoms with Crippen LogP contribution >= 0.6 is 0 Å². The smallest absolute Gasteiger partial charge is 0.336 e. The van der Waals surface area contributed by atoms with Gasteiger partial charge in [0.25, 0.3) is 0 Å². The molecule has 2 aromatic rings. The molecule has 1 amide bonds. The number of ether oxygens (including phenoxy) is 2. The maximum Gasteiger partial charge on any atom is 0.336 e. The molecule has 36 heavy (non-hydrogen) atoms. The molecule has 0 spiro atoms. The van der Waals surface area contributed by atoms with Crippen LogP contribution in [0.4, 0.5) is 0 Å².